The van der Waals surface area contributed by atoms with E-state index in [0.29, 0.717) is 6.54 Å². The van der Waals surface area contributed by atoms with E-state index in [1.54, 1.807) is 10.9 Å². The largest absolute Gasteiger partial charge is 0.432 e. The molecule has 0 saturated heterocycles. The minimum Gasteiger partial charge on any atom is -0.432 e. The molecule has 1 aromatic heterocycles. The highest BCUT2D eigenvalue weighted by atomic mass is 127. The quantitative estimate of drug-likeness (QED) is 0.701. The van der Waals surface area contributed by atoms with E-state index in [1.165, 1.54) is 6.07 Å². The van der Waals surface area contributed by atoms with E-state index in [0.717, 1.165) is 21.4 Å². The molecule has 1 aromatic carbocycles. The van der Waals surface area contributed by atoms with Gasteiger partial charge in [0.05, 0.1) is 15.0 Å². The fourth-order valence-corrected chi connectivity index (χ4v) is 2.26. The number of carbonyl (C=O) groups is 1. The molecule has 0 atom stereocenters. The number of aryl methyl sites for hydroxylation is 2. The monoisotopic (exact) mass is 439 g/mol. The van der Waals surface area contributed by atoms with E-state index in [-0.39, 0.29) is 12.1 Å². The summed E-state index contributed by atoms with van der Waals surface area (Å²) in [6.45, 7) is -0.922. The third kappa shape index (κ3) is 5.12. The average molecular weight is 439 g/mol. The molecule has 1 heterocycles. The second-order valence-electron chi connectivity index (χ2n) is 4.64. The zero-order valence-electron chi connectivity index (χ0n) is 12.0. The zero-order valence-corrected chi connectivity index (χ0v) is 14.2. The second-order valence-corrected chi connectivity index (χ2v) is 5.80. The van der Waals surface area contributed by atoms with Crippen molar-refractivity contribution in [2.45, 2.75) is 26.5 Å². The Kier molecular flexibility index (Phi) is 5.85. The molecule has 2 rings (SSSR count). The number of hydrogen-bond acceptors (Lipinski definition) is 3. The van der Waals surface area contributed by atoms with Crippen molar-refractivity contribution in [2.75, 3.05) is 5.32 Å². The number of nitrogens with zero attached hydrogens (tertiary/aromatic N) is 2. The first-order valence-corrected chi connectivity index (χ1v) is 7.67. The van der Waals surface area contributed by atoms with Crippen LogP contribution in [0.25, 0.3) is 0 Å². The Hall–Kier alpha value is -1.78. The first kappa shape index (κ1) is 17.6. The molecular weight excluding hydrogens is 426 g/mol. The van der Waals surface area contributed by atoms with Crippen LogP contribution in [0.15, 0.2) is 24.4 Å². The Morgan fingerprint density at radius 3 is 2.83 bits per heavy atom. The topological polar surface area (TPSA) is 56.2 Å². The molecule has 0 saturated carbocycles. The van der Waals surface area contributed by atoms with Crippen molar-refractivity contribution in [3.8, 4) is 5.75 Å². The number of anilines is 1. The van der Waals surface area contributed by atoms with Gasteiger partial charge in [0.1, 0.15) is 5.82 Å². The van der Waals surface area contributed by atoms with Crippen molar-refractivity contribution >= 4 is 34.2 Å². The predicted molar refractivity (Wildman–Crippen MR) is 86.0 cm³/mol. The number of halogens is 4. The lowest BCUT2D eigenvalue weighted by molar-refractivity contribution is -0.116. The molecule has 1 amide bonds. The number of aromatic nitrogens is 2. The molecule has 0 unspecified atom stereocenters. The predicted octanol–water partition coefficient (Wildman–Crippen LogP) is 3.57. The Labute approximate surface area is 144 Å². The van der Waals surface area contributed by atoms with Crippen molar-refractivity contribution < 1.29 is 22.7 Å². The fourth-order valence-electron chi connectivity index (χ4n) is 1.83. The Bertz CT molecular complexity index is 687. The molecule has 1 N–H and O–H groups in total. The zero-order chi connectivity index (χ0) is 17.0. The standard InChI is InChI=1S/C14H13F3IN3O2/c1-8-10(18)7-21(20-8)5-4-13(22)19-11-3-2-9(15)6-12(11)23-14(16)17/h2-3,6-7,14H,4-5H2,1H3,(H,19,22). The van der Waals surface area contributed by atoms with Crippen LogP contribution >= 0.6 is 22.6 Å². The van der Waals surface area contributed by atoms with Crippen LogP contribution in [-0.2, 0) is 11.3 Å². The van der Waals surface area contributed by atoms with Gasteiger partial charge in [-0.3, -0.25) is 9.48 Å². The van der Waals surface area contributed by atoms with Gasteiger partial charge in [0, 0.05) is 25.2 Å². The second kappa shape index (κ2) is 7.66. The van der Waals surface area contributed by atoms with Gasteiger partial charge in [-0.05, 0) is 41.6 Å². The number of rotatable bonds is 6. The number of amides is 1. The molecule has 0 fully saturated rings. The van der Waals surface area contributed by atoms with E-state index in [1.807, 2.05) is 6.92 Å². The number of ether oxygens (including phenoxy) is 1. The fraction of sp³-hybridized carbons (Fsp3) is 0.286. The third-order valence-corrected chi connectivity index (χ3v) is 3.95. The van der Waals surface area contributed by atoms with Crippen molar-refractivity contribution in [3.05, 3.63) is 39.5 Å². The van der Waals surface area contributed by atoms with Gasteiger partial charge in [-0.1, -0.05) is 0 Å². The highest BCUT2D eigenvalue weighted by Crippen LogP contribution is 2.27. The summed E-state index contributed by atoms with van der Waals surface area (Å²) < 4.78 is 44.5. The molecule has 5 nitrogen and oxygen atoms in total. The minimum atomic E-state index is -3.11. The van der Waals surface area contributed by atoms with E-state index >= 15 is 0 Å². The van der Waals surface area contributed by atoms with Crippen molar-refractivity contribution in [3.63, 3.8) is 0 Å². The highest BCUT2D eigenvalue weighted by Gasteiger charge is 2.13. The maximum absolute atomic E-state index is 13.1. The normalized spacial score (nSPS) is 10.9. The average Bonchev–Trinajstić information content (AvgIpc) is 2.78. The van der Waals surface area contributed by atoms with Gasteiger partial charge >= 0.3 is 6.61 Å². The van der Waals surface area contributed by atoms with Gasteiger partial charge in [0.25, 0.3) is 0 Å². The SMILES string of the molecule is Cc1nn(CCC(=O)Nc2ccc(F)cc2OC(F)F)cc1I. The van der Waals surface area contributed by atoms with Gasteiger partial charge in [-0.2, -0.15) is 13.9 Å². The van der Waals surface area contributed by atoms with Crippen LogP contribution in [0, 0.1) is 16.3 Å². The number of carbonyl (C=O) groups excluding carboxylic acids is 1. The summed E-state index contributed by atoms with van der Waals surface area (Å²) in [4.78, 5) is 11.9. The smallest absolute Gasteiger partial charge is 0.387 e. The molecular formula is C14H13F3IN3O2. The highest BCUT2D eigenvalue weighted by molar-refractivity contribution is 14.1. The van der Waals surface area contributed by atoms with E-state index in [2.05, 4.69) is 37.7 Å². The molecule has 9 heteroatoms. The number of alkyl halides is 2. The first-order valence-electron chi connectivity index (χ1n) is 6.59. The van der Waals surface area contributed by atoms with Crippen LogP contribution in [-0.4, -0.2) is 22.3 Å². The molecule has 0 spiro atoms. The van der Waals surface area contributed by atoms with Crippen molar-refractivity contribution in [1.29, 1.82) is 0 Å². The van der Waals surface area contributed by atoms with E-state index in [4.69, 9.17) is 0 Å². The molecule has 124 valence electrons. The van der Waals surface area contributed by atoms with Crippen LogP contribution < -0.4 is 10.1 Å². The van der Waals surface area contributed by atoms with Gasteiger partial charge < -0.3 is 10.1 Å². The minimum absolute atomic E-state index is 0.0112. The van der Waals surface area contributed by atoms with E-state index < -0.39 is 24.1 Å². The molecule has 0 aliphatic rings. The van der Waals surface area contributed by atoms with Crippen LogP contribution in [0.5, 0.6) is 5.75 Å². The summed E-state index contributed by atoms with van der Waals surface area (Å²) in [6, 6.07) is 3.01. The summed E-state index contributed by atoms with van der Waals surface area (Å²) in [5, 5.41) is 6.64. The lowest BCUT2D eigenvalue weighted by atomic mass is 10.2. The number of benzene rings is 1. The van der Waals surface area contributed by atoms with Crippen molar-refractivity contribution in [1.82, 2.24) is 9.78 Å². The number of hydrogen-bond donors (Lipinski definition) is 1. The van der Waals surface area contributed by atoms with Crippen LogP contribution in [0.2, 0.25) is 0 Å². The number of nitrogens with one attached hydrogen (secondary N) is 1. The van der Waals surface area contributed by atoms with E-state index in [9.17, 15) is 18.0 Å². The molecule has 0 bridgehead atoms. The van der Waals surface area contributed by atoms with Gasteiger partial charge in [-0.25, -0.2) is 4.39 Å². The summed E-state index contributed by atoms with van der Waals surface area (Å²) in [5.74, 6) is -1.57. The Morgan fingerprint density at radius 1 is 1.48 bits per heavy atom. The summed E-state index contributed by atoms with van der Waals surface area (Å²) >= 11 is 2.13. The third-order valence-electron chi connectivity index (χ3n) is 2.89. The molecule has 2 aromatic rings. The summed E-state index contributed by atoms with van der Waals surface area (Å²) in [7, 11) is 0. The molecule has 0 aliphatic heterocycles. The van der Waals surface area contributed by atoms with Crippen molar-refractivity contribution in [2.24, 2.45) is 0 Å². The maximum Gasteiger partial charge on any atom is 0.387 e. The van der Waals surface area contributed by atoms with Crippen LogP contribution in [0.1, 0.15) is 12.1 Å². The van der Waals surface area contributed by atoms with Crippen LogP contribution in [0.4, 0.5) is 18.9 Å². The molecule has 0 radical (unpaired) electrons. The van der Waals surface area contributed by atoms with Gasteiger partial charge in [-0.15, -0.1) is 0 Å². The van der Waals surface area contributed by atoms with Crippen LogP contribution in [0.3, 0.4) is 0 Å². The Morgan fingerprint density at radius 2 is 2.22 bits per heavy atom. The lowest BCUT2D eigenvalue weighted by Crippen LogP contribution is -2.16. The van der Waals surface area contributed by atoms with Gasteiger partial charge in [0.15, 0.2) is 5.75 Å². The Balaban J connectivity index is 1.99. The maximum atomic E-state index is 13.1. The molecule has 23 heavy (non-hydrogen) atoms. The first-order chi connectivity index (χ1) is 10.8. The summed E-state index contributed by atoms with van der Waals surface area (Å²) in [5.41, 5.74) is 0.847. The molecule has 0 aliphatic carbocycles. The van der Waals surface area contributed by atoms with Gasteiger partial charge in [0.2, 0.25) is 5.91 Å². The lowest BCUT2D eigenvalue weighted by Gasteiger charge is -2.12. The summed E-state index contributed by atoms with van der Waals surface area (Å²) in [6.07, 6.45) is 1.88.